The summed E-state index contributed by atoms with van der Waals surface area (Å²) in [5.41, 5.74) is 0. The summed E-state index contributed by atoms with van der Waals surface area (Å²) < 4.78 is 19.5. The summed E-state index contributed by atoms with van der Waals surface area (Å²) in [6.07, 6.45) is 0. The average Bonchev–Trinajstić information content (AvgIpc) is 2.63. The lowest BCUT2D eigenvalue weighted by molar-refractivity contribution is 0.0532. The maximum atomic E-state index is 11.2. The van der Waals surface area contributed by atoms with Crippen LogP contribution in [-0.2, 0) is 20.4 Å². The third-order valence-electron chi connectivity index (χ3n) is 1.46. The Hall–Kier alpha value is -0.810. The smallest absolute Gasteiger partial charge is 0.462 e. The van der Waals surface area contributed by atoms with Crippen molar-refractivity contribution in [2.24, 2.45) is 0 Å². The lowest BCUT2D eigenvalue weighted by Crippen LogP contribution is -2.01. The molecule has 0 aromatic carbocycles. The second-order valence-electron chi connectivity index (χ2n) is 2.50. The monoisotopic (exact) mass is 249 g/mol. The molecule has 0 saturated carbocycles. The minimum Gasteiger partial charge on any atom is -0.462 e. The van der Waals surface area contributed by atoms with Crippen LogP contribution in [0.2, 0.25) is 0 Å². The summed E-state index contributed by atoms with van der Waals surface area (Å²) in [6, 6.07) is 3.27. The van der Waals surface area contributed by atoms with Crippen molar-refractivity contribution in [2.45, 2.75) is 13.5 Å². The maximum Gasteiger partial charge on any atom is 0.695 e. The van der Waals surface area contributed by atoms with Gasteiger partial charge in [-0.2, -0.15) is 0 Å². The number of thiophene rings is 1. The lowest BCUT2D eigenvalue weighted by atomic mass is 10.4. The molecule has 0 radical (unpaired) electrons. The topological polar surface area (TPSA) is 72.8 Å². The highest BCUT2D eigenvalue weighted by atomic mass is 32.1. The van der Waals surface area contributed by atoms with Gasteiger partial charge < -0.3 is 4.74 Å². The first-order chi connectivity index (χ1) is 7.13. The molecular weight excluding hydrogens is 239 g/mol. The van der Waals surface area contributed by atoms with Crippen LogP contribution < -0.4 is 0 Å². The van der Waals surface area contributed by atoms with Gasteiger partial charge in [-0.3, -0.25) is 0 Å². The normalized spacial score (nSPS) is 11.2. The summed E-state index contributed by atoms with van der Waals surface area (Å²) in [6.45, 7) is 2.08. The highest BCUT2D eigenvalue weighted by Crippen LogP contribution is 2.23. The van der Waals surface area contributed by atoms with Crippen LogP contribution in [0.25, 0.3) is 0 Å². The molecule has 7 heteroatoms. The number of carbonyl (C=O) groups is 1. The number of esters is 1. The van der Waals surface area contributed by atoms with Crippen LogP contribution in [0.3, 0.4) is 0 Å². The second kappa shape index (κ2) is 5.92. The minimum atomic E-state index is -2.60. The van der Waals surface area contributed by atoms with E-state index in [1.165, 1.54) is 11.3 Å². The van der Waals surface area contributed by atoms with Gasteiger partial charge in [0.25, 0.3) is 0 Å². The van der Waals surface area contributed by atoms with Crippen molar-refractivity contribution >= 4 is 25.6 Å². The zero-order valence-electron chi connectivity index (χ0n) is 8.00. The van der Waals surface area contributed by atoms with Gasteiger partial charge in [0.15, 0.2) is 0 Å². The lowest BCUT2D eigenvalue weighted by Gasteiger charge is -1.96. The van der Waals surface area contributed by atoms with Crippen molar-refractivity contribution in [1.82, 2.24) is 0 Å². The van der Waals surface area contributed by atoms with E-state index in [2.05, 4.69) is 4.52 Å². The highest BCUT2D eigenvalue weighted by molar-refractivity contribution is 7.32. The molecule has 1 heterocycles. The van der Waals surface area contributed by atoms with E-state index in [9.17, 15) is 9.36 Å². The van der Waals surface area contributed by atoms with Crippen molar-refractivity contribution in [2.75, 3.05) is 6.61 Å². The molecule has 5 nitrogen and oxygen atoms in total. The van der Waals surface area contributed by atoms with Crippen LogP contribution in [0.1, 0.15) is 21.5 Å². The largest absolute Gasteiger partial charge is 0.695 e. The molecule has 15 heavy (non-hydrogen) atoms. The molecule has 1 atom stereocenters. The average molecular weight is 249 g/mol. The Bertz CT molecular complexity index is 362. The van der Waals surface area contributed by atoms with Crippen LogP contribution in [0.4, 0.5) is 0 Å². The zero-order chi connectivity index (χ0) is 11.3. The molecule has 0 bridgehead atoms. The number of ether oxygens (including phenoxy) is 1. The Kier molecular flexibility index (Phi) is 4.84. The molecule has 1 aromatic rings. The fourth-order valence-corrected chi connectivity index (χ4v) is 2.04. The molecule has 1 aromatic heterocycles. The third kappa shape index (κ3) is 4.05. The van der Waals surface area contributed by atoms with E-state index in [1.807, 2.05) is 0 Å². The molecular formula is C8H10O5PS+. The fourth-order valence-electron chi connectivity index (χ4n) is 0.886. The van der Waals surface area contributed by atoms with Crippen molar-refractivity contribution < 1.29 is 23.5 Å². The molecule has 0 aliphatic rings. The predicted molar refractivity (Wildman–Crippen MR) is 54.9 cm³/mol. The van der Waals surface area contributed by atoms with Gasteiger partial charge in [0, 0.05) is 9.44 Å². The van der Waals surface area contributed by atoms with Crippen LogP contribution in [-0.4, -0.2) is 17.5 Å². The van der Waals surface area contributed by atoms with Gasteiger partial charge in [0.05, 0.1) is 6.61 Å². The molecule has 82 valence electrons. The Balaban J connectivity index is 2.56. The first kappa shape index (κ1) is 12.3. The van der Waals surface area contributed by atoms with E-state index in [0.717, 1.165) is 0 Å². The predicted octanol–water partition coefficient (Wildman–Crippen LogP) is 2.09. The van der Waals surface area contributed by atoms with Gasteiger partial charge in [-0.05, 0) is 19.1 Å². The van der Waals surface area contributed by atoms with Crippen molar-refractivity contribution in [3.63, 3.8) is 0 Å². The Morgan fingerprint density at radius 3 is 2.93 bits per heavy atom. The van der Waals surface area contributed by atoms with Crippen molar-refractivity contribution in [3.8, 4) is 0 Å². The fraction of sp³-hybridized carbons (Fsp3) is 0.375. The molecule has 1 unspecified atom stereocenters. The maximum absolute atomic E-state index is 11.2. The standard InChI is InChI=1S/C8H9O5PS/c1-2-12-8(9)7-4-3-6(15-7)5-13-14(10)11/h3-4H,2,5H2,1H3/p+1. The SMILES string of the molecule is CCOC(=O)c1ccc(CO[P+](=O)O)s1. The van der Waals surface area contributed by atoms with E-state index in [1.54, 1.807) is 19.1 Å². The van der Waals surface area contributed by atoms with Gasteiger partial charge in [-0.1, -0.05) is 0 Å². The molecule has 1 rings (SSSR count). The van der Waals surface area contributed by atoms with Gasteiger partial charge in [-0.25, -0.2) is 4.79 Å². The van der Waals surface area contributed by atoms with Crippen LogP contribution in [0, 0.1) is 0 Å². The second-order valence-corrected chi connectivity index (χ2v) is 4.40. The Morgan fingerprint density at radius 1 is 1.60 bits per heavy atom. The molecule has 0 amide bonds. The number of carbonyl (C=O) groups excluding carboxylic acids is 1. The summed E-state index contributed by atoms with van der Waals surface area (Å²) in [4.78, 5) is 20.8. The van der Waals surface area contributed by atoms with E-state index >= 15 is 0 Å². The molecule has 0 aliphatic carbocycles. The van der Waals surface area contributed by atoms with Gasteiger partial charge in [0.2, 0.25) is 0 Å². The number of hydrogen-bond donors (Lipinski definition) is 1. The van der Waals surface area contributed by atoms with Crippen LogP contribution in [0.15, 0.2) is 12.1 Å². The summed E-state index contributed by atoms with van der Waals surface area (Å²) in [5, 5.41) is 0. The van der Waals surface area contributed by atoms with E-state index in [-0.39, 0.29) is 12.6 Å². The molecule has 0 aliphatic heterocycles. The van der Waals surface area contributed by atoms with Crippen molar-refractivity contribution in [1.29, 1.82) is 0 Å². The Labute approximate surface area is 91.6 Å². The third-order valence-corrected chi connectivity index (χ3v) is 2.84. The highest BCUT2D eigenvalue weighted by Gasteiger charge is 2.15. The van der Waals surface area contributed by atoms with Gasteiger partial charge in [0.1, 0.15) is 11.5 Å². The summed E-state index contributed by atoms with van der Waals surface area (Å²) >= 11 is 1.18. The van der Waals surface area contributed by atoms with Crippen LogP contribution >= 0.6 is 19.6 Å². The molecule has 0 saturated heterocycles. The zero-order valence-corrected chi connectivity index (χ0v) is 9.72. The van der Waals surface area contributed by atoms with Crippen molar-refractivity contribution in [3.05, 3.63) is 21.9 Å². The Morgan fingerprint density at radius 2 is 2.33 bits per heavy atom. The van der Waals surface area contributed by atoms with Gasteiger partial charge >= 0.3 is 14.2 Å². The molecule has 0 fully saturated rings. The first-order valence-corrected chi connectivity index (χ1v) is 6.13. The number of hydrogen-bond acceptors (Lipinski definition) is 5. The summed E-state index contributed by atoms with van der Waals surface area (Å²) in [7, 11) is -2.60. The number of rotatable bonds is 5. The molecule has 1 N–H and O–H groups in total. The van der Waals surface area contributed by atoms with E-state index in [4.69, 9.17) is 9.63 Å². The molecule has 0 spiro atoms. The van der Waals surface area contributed by atoms with E-state index in [0.29, 0.717) is 16.4 Å². The quantitative estimate of drug-likeness (QED) is 0.639. The first-order valence-electron chi connectivity index (χ1n) is 4.18. The minimum absolute atomic E-state index is 0.0236. The van der Waals surface area contributed by atoms with Crippen LogP contribution in [0.5, 0.6) is 0 Å². The van der Waals surface area contributed by atoms with Gasteiger partial charge in [-0.15, -0.1) is 20.8 Å². The summed E-state index contributed by atoms with van der Waals surface area (Å²) in [5.74, 6) is -0.387. The van der Waals surface area contributed by atoms with E-state index < -0.39 is 8.25 Å².